The summed E-state index contributed by atoms with van der Waals surface area (Å²) in [6.45, 7) is 1.38. The Morgan fingerprint density at radius 3 is 2.35 bits per heavy atom. The number of nitrogens with zero attached hydrogens (tertiary/aromatic N) is 1. The fourth-order valence-electron chi connectivity index (χ4n) is 3.03. The van der Waals surface area contributed by atoms with Crippen LogP contribution in [0.5, 0.6) is 0 Å². The van der Waals surface area contributed by atoms with E-state index in [9.17, 15) is 17.6 Å². The SMILES string of the molecule is O=C(c1ccccc1NS(=O)(=O)Cc1ccc(F)cc1)N1CCCCC1. The Labute approximate surface area is 152 Å². The molecule has 0 saturated carbocycles. The van der Waals surface area contributed by atoms with Gasteiger partial charge in [0.15, 0.2) is 0 Å². The normalized spacial score (nSPS) is 14.9. The Morgan fingerprint density at radius 2 is 1.65 bits per heavy atom. The van der Waals surface area contributed by atoms with E-state index in [4.69, 9.17) is 0 Å². The number of benzene rings is 2. The van der Waals surface area contributed by atoms with E-state index >= 15 is 0 Å². The van der Waals surface area contributed by atoms with Gasteiger partial charge in [-0.05, 0) is 49.1 Å². The van der Waals surface area contributed by atoms with Crippen LogP contribution in [0.25, 0.3) is 0 Å². The van der Waals surface area contributed by atoms with Gasteiger partial charge >= 0.3 is 0 Å². The second-order valence-electron chi connectivity index (χ2n) is 6.39. The van der Waals surface area contributed by atoms with Crippen molar-refractivity contribution in [3.05, 3.63) is 65.5 Å². The van der Waals surface area contributed by atoms with Gasteiger partial charge in [0, 0.05) is 13.1 Å². The molecular weight excluding hydrogens is 355 g/mol. The molecule has 0 aliphatic carbocycles. The summed E-state index contributed by atoms with van der Waals surface area (Å²) in [5, 5.41) is 0. The van der Waals surface area contributed by atoms with Crippen LogP contribution in [0.3, 0.4) is 0 Å². The highest BCUT2D eigenvalue weighted by Gasteiger charge is 2.22. The fraction of sp³-hybridized carbons (Fsp3) is 0.316. The number of likely N-dealkylation sites (tertiary alicyclic amines) is 1. The van der Waals surface area contributed by atoms with Crippen molar-refractivity contribution in [2.45, 2.75) is 25.0 Å². The third-order valence-corrected chi connectivity index (χ3v) is 5.58. The van der Waals surface area contributed by atoms with Crippen LogP contribution < -0.4 is 4.72 Å². The molecule has 0 radical (unpaired) electrons. The second kappa shape index (κ2) is 7.86. The summed E-state index contributed by atoms with van der Waals surface area (Å²) in [6, 6.07) is 11.9. The lowest BCUT2D eigenvalue weighted by atomic mass is 10.1. The Balaban J connectivity index is 1.78. The number of carbonyl (C=O) groups is 1. The number of amides is 1. The summed E-state index contributed by atoms with van der Waals surface area (Å²) in [6.07, 6.45) is 3.03. The summed E-state index contributed by atoms with van der Waals surface area (Å²) in [5.41, 5.74) is 1.08. The van der Waals surface area contributed by atoms with Crippen molar-refractivity contribution >= 4 is 21.6 Å². The minimum Gasteiger partial charge on any atom is -0.339 e. The number of rotatable bonds is 5. The molecule has 26 heavy (non-hydrogen) atoms. The van der Waals surface area contributed by atoms with Crippen LogP contribution in [0, 0.1) is 5.82 Å². The highest BCUT2D eigenvalue weighted by atomic mass is 32.2. The molecule has 1 aliphatic rings. The third kappa shape index (κ3) is 4.60. The summed E-state index contributed by atoms with van der Waals surface area (Å²) < 4.78 is 40.4. The van der Waals surface area contributed by atoms with Gasteiger partial charge in [-0.1, -0.05) is 24.3 Å². The quantitative estimate of drug-likeness (QED) is 0.870. The van der Waals surface area contributed by atoms with Crippen molar-refractivity contribution in [1.29, 1.82) is 0 Å². The molecule has 1 N–H and O–H groups in total. The van der Waals surface area contributed by atoms with E-state index in [1.54, 1.807) is 29.2 Å². The van der Waals surface area contributed by atoms with Gasteiger partial charge < -0.3 is 4.90 Å². The van der Waals surface area contributed by atoms with Gasteiger partial charge in [-0.25, -0.2) is 12.8 Å². The maximum atomic E-state index is 13.0. The Hall–Kier alpha value is -2.41. The van der Waals surface area contributed by atoms with Gasteiger partial charge in [-0.2, -0.15) is 0 Å². The van der Waals surface area contributed by atoms with E-state index < -0.39 is 15.8 Å². The van der Waals surface area contributed by atoms with Crippen molar-refractivity contribution in [2.24, 2.45) is 0 Å². The molecule has 0 aromatic heterocycles. The zero-order valence-corrected chi connectivity index (χ0v) is 15.1. The number of sulfonamides is 1. The molecule has 5 nitrogen and oxygen atoms in total. The summed E-state index contributed by atoms with van der Waals surface area (Å²) in [5.74, 6) is -0.874. The van der Waals surface area contributed by atoms with Crippen molar-refractivity contribution in [3.63, 3.8) is 0 Å². The number of anilines is 1. The van der Waals surface area contributed by atoms with Crippen LogP contribution in [0.2, 0.25) is 0 Å². The highest BCUT2D eigenvalue weighted by molar-refractivity contribution is 7.91. The van der Waals surface area contributed by atoms with E-state index in [0.29, 0.717) is 24.2 Å². The van der Waals surface area contributed by atoms with E-state index in [1.807, 2.05) is 0 Å². The maximum absolute atomic E-state index is 13.0. The molecule has 1 heterocycles. The molecule has 1 fully saturated rings. The van der Waals surface area contributed by atoms with Crippen LogP contribution >= 0.6 is 0 Å². The van der Waals surface area contributed by atoms with E-state index in [1.165, 1.54) is 24.3 Å². The number of piperidine rings is 1. The van der Waals surface area contributed by atoms with Crippen LogP contribution in [0.4, 0.5) is 10.1 Å². The van der Waals surface area contributed by atoms with Gasteiger partial charge in [-0.3, -0.25) is 9.52 Å². The predicted octanol–water partition coefficient (Wildman–Crippen LogP) is 3.39. The number of hydrogen-bond acceptors (Lipinski definition) is 3. The zero-order chi connectivity index (χ0) is 18.6. The van der Waals surface area contributed by atoms with Crippen molar-refractivity contribution < 1.29 is 17.6 Å². The number of halogens is 1. The van der Waals surface area contributed by atoms with Gasteiger partial charge in [0.05, 0.1) is 17.0 Å². The molecule has 0 bridgehead atoms. The maximum Gasteiger partial charge on any atom is 0.255 e. The molecule has 0 unspecified atom stereocenters. The summed E-state index contributed by atoms with van der Waals surface area (Å²) in [4.78, 5) is 14.5. The molecule has 1 saturated heterocycles. The molecule has 2 aromatic carbocycles. The Bertz CT molecular complexity index is 876. The van der Waals surface area contributed by atoms with Crippen LogP contribution in [0.1, 0.15) is 35.2 Å². The molecule has 3 rings (SSSR count). The molecule has 2 aromatic rings. The van der Waals surface area contributed by atoms with Gasteiger partial charge in [0.25, 0.3) is 5.91 Å². The van der Waals surface area contributed by atoms with E-state index in [2.05, 4.69) is 4.72 Å². The number of nitrogens with one attached hydrogen (secondary N) is 1. The number of para-hydroxylation sites is 1. The number of carbonyl (C=O) groups excluding carboxylic acids is 1. The molecule has 0 atom stereocenters. The second-order valence-corrected chi connectivity index (χ2v) is 8.11. The molecule has 0 spiro atoms. The molecule has 1 aliphatic heterocycles. The van der Waals surface area contributed by atoms with Gasteiger partial charge in [-0.15, -0.1) is 0 Å². The van der Waals surface area contributed by atoms with E-state index in [-0.39, 0.29) is 17.3 Å². The predicted molar refractivity (Wildman–Crippen MR) is 98.8 cm³/mol. The first kappa shape index (κ1) is 18.4. The van der Waals surface area contributed by atoms with Gasteiger partial charge in [0.1, 0.15) is 5.82 Å². The standard InChI is InChI=1S/C19H21FN2O3S/c20-16-10-8-15(9-11-16)14-26(24,25)21-18-7-3-2-6-17(18)19(23)22-12-4-1-5-13-22/h2-3,6-11,21H,1,4-5,12-14H2. The zero-order valence-electron chi connectivity index (χ0n) is 14.3. The van der Waals surface area contributed by atoms with Crippen molar-refractivity contribution in [1.82, 2.24) is 4.90 Å². The lowest BCUT2D eigenvalue weighted by Gasteiger charge is -2.27. The minimum absolute atomic E-state index is 0.162. The molecule has 138 valence electrons. The average Bonchev–Trinajstić information content (AvgIpc) is 2.64. The lowest BCUT2D eigenvalue weighted by Crippen LogP contribution is -2.36. The first-order valence-electron chi connectivity index (χ1n) is 8.58. The number of hydrogen-bond donors (Lipinski definition) is 1. The van der Waals surface area contributed by atoms with Gasteiger partial charge in [0.2, 0.25) is 10.0 Å². The first-order valence-corrected chi connectivity index (χ1v) is 10.2. The van der Waals surface area contributed by atoms with Crippen molar-refractivity contribution in [2.75, 3.05) is 17.8 Å². The monoisotopic (exact) mass is 376 g/mol. The summed E-state index contributed by atoms with van der Waals surface area (Å²) >= 11 is 0. The molecular formula is C19H21FN2O3S. The van der Waals surface area contributed by atoms with Crippen LogP contribution in [-0.4, -0.2) is 32.3 Å². The Kier molecular flexibility index (Phi) is 5.56. The minimum atomic E-state index is -3.73. The smallest absolute Gasteiger partial charge is 0.255 e. The van der Waals surface area contributed by atoms with Crippen LogP contribution in [0.15, 0.2) is 48.5 Å². The summed E-state index contributed by atoms with van der Waals surface area (Å²) in [7, 11) is -3.73. The van der Waals surface area contributed by atoms with Crippen LogP contribution in [-0.2, 0) is 15.8 Å². The third-order valence-electron chi connectivity index (χ3n) is 4.34. The fourth-order valence-corrected chi connectivity index (χ4v) is 4.25. The first-order chi connectivity index (χ1) is 12.4. The lowest BCUT2D eigenvalue weighted by molar-refractivity contribution is 0.0725. The van der Waals surface area contributed by atoms with Crippen molar-refractivity contribution in [3.8, 4) is 0 Å². The molecule has 7 heteroatoms. The average molecular weight is 376 g/mol. The largest absolute Gasteiger partial charge is 0.339 e. The molecule has 1 amide bonds. The topological polar surface area (TPSA) is 66.5 Å². The highest BCUT2D eigenvalue weighted by Crippen LogP contribution is 2.22. The van der Waals surface area contributed by atoms with E-state index in [0.717, 1.165) is 19.3 Å². The Morgan fingerprint density at radius 1 is 1.00 bits per heavy atom.